The Morgan fingerprint density at radius 1 is 1.16 bits per heavy atom. The molecule has 1 unspecified atom stereocenters. The van der Waals surface area contributed by atoms with Crippen molar-refractivity contribution in [1.29, 1.82) is 0 Å². The molecule has 0 heterocycles. The summed E-state index contributed by atoms with van der Waals surface area (Å²) in [6, 6.07) is 9.94. The Bertz CT molecular complexity index is 575. The van der Waals surface area contributed by atoms with Crippen LogP contribution in [0.4, 0.5) is 8.78 Å². The van der Waals surface area contributed by atoms with Crippen molar-refractivity contribution in [2.75, 3.05) is 0 Å². The van der Waals surface area contributed by atoms with E-state index in [1.807, 2.05) is 0 Å². The summed E-state index contributed by atoms with van der Waals surface area (Å²) in [5, 5.41) is 0.390. The molecule has 0 radical (unpaired) electrons. The van der Waals surface area contributed by atoms with E-state index in [1.54, 1.807) is 18.2 Å². The quantitative estimate of drug-likeness (QED) is 0.666. The van der Waals surface area contributed by atoms with Crippen molar-refractivity contribution in [3.63, 3.8) is 0 Å². The van der Waals surface area contributed by atoms with Crippen molar-refractivity contribution >= 4 is 11.6 Å². The van der Waals surface area contributed by atoms with Crippen LogP contribution >= 0.6 is 11.6 Å². The van der Waals surface area contributed by atoms with Gasteiger partial charge in [-0.3, -0.25) is 11.3 Å². The van der Waals surface area contributed by atoms with Crippen LogP contribution in [0, 0.1) is 11.6 Å². The molecule has 100 valence electrons. The van der Waals surface area contributed by atoms with Gasteiger partial charge in [0.2, 0.25) is 0 Å². The zero-order chi connectivity index (χ0) is 13.8. The van der Waals surface area contributed by atoms with Crippen LogP contribution in [0.5, 0.6) is 0 Å². The molecule has 2 aromatic carbocycles. The van der Waals surface area contributed by atoms with Gasteiger partial charge in [0.15, 0.2) is 0 Å². The van der Waals surface area contributed by atoms with E-state index in [-0.39, 0.29) is 12.2 Å². The second-order valence-corrected chi connectivity index (χ2v) is 4.59. The number of rotatable bonds is 4. The van der Waals surface area contributed by atoms with Gasteiger partial charge in [0.05, 0.1) is 6.04 Å². The maximum atomic E-state index is 13.6. The van der Waals surface area contributed by atoms with Crippen LogP contribution in [0.25, 0.3) is 0 Å². The summed E-state index contributed by atoms with van der Waals surface area (Å²) >= 11 is 6.02. The number of hydrazine groups is 1. The second-order valence-electron chi connectivity index (χ2n) is 4.18. The maximum absolute atomic E-state index is 13.6. The largest absolute Gasteiger partial charge is 0.271 e. The van der Waals surface area contributed by atoms with Crippen LogP contribution in [0.2, 0.25) is 5.02 Å². The third-order valence-electron chi connectivity index (χ3n) is 2.92. The average molecular weight is 283 g/mol. The van der Waals surface area contributed by atoms with Gasteiger partial charge in [-0.05, 0) is 41.8 Å². The fourth-order valence-corrected chi connectivity index (χ4v) is 2.17. The molecule has 0 saturated heterocycles. The van der Waals surface area contributed by atoms with Crippen LogP contribution in [0.1, 0.15) is 17.2 Å². The van der Waals surface area contributed by atoms with E-state index in [1.165, 1.54) is 24.3 Å². The van der Waals surface area contributed by atoms with E-state index in [4.69, 9.17) is 17.4 Å². The molecule has 0 aromatic heterocycles. The predicted octanol–water partition coefficient (Wildman–Crippen LogP) is 3.37. The minimum atomic E-state index is -0.458. The Morgan fingerprint density at radius 3 is 2.58 bits per heavy atom. The molecule has 19 heavy (non-hydrogen) atoms. The van der Waals surface area contributed by atoms with E-state index in [0.29, 0.717) is 16.1 Å². The van der Waals surface area contributed by atoms with Crippen molar-refractivity contribution in [3.05, 3.63) is 70.2 Å². The summed E-state index contributed by atoms with van der Waals surface area (Å²) < 4.78 is 26.9. The average Bonchev–Trinajstić information content (AvgIpc) is 2.41. The Balaban J connectivity index is 2.30. The van der Waals surface area contributed by atoms with Crippen LogP contribution in [0.3, 0.4) is 0 Å². The summed E-state index contributed by atoms with van der Waals surface area (Å²) in [6.07, 6.45) is 0.284. The lowest BCUT2D eigenvalue weighted by Crippen LogP contribution is -2.30. The molecule has 3 N–H and O–H groups in total. The van der Waals surface area contributed by atoms with Crippen LogP contribution in [-0.2, 0) is 6.42 Å². The summed E-state index contributed by atoms with van der Waals surface area (Å²) in [5.74, 6) is 4.74. The van der Waals surface area contributed by atoms with Gasteiger partial charge in [0.25, 0.3) is 0 Å². The number of nitrogens with two attached hydrogens (primary N) is 1. The van der Waals surface area contributed by atoms with Crippen molar-refractivity contribution in [2.45, 2.75) is 12.5 Å². The standard InChI is InChI=1S/C14H13ClF2N2/c15-12-6-5-10(16)8-11(12)14(19-18)7-9-3-1-2-4-13(9)17/h1-6,8,14,19H,7,18H2. The number of hydrogen-bond acceptors (Lipinski definition) is 2. The third kappa shape index (κ3) is 3.29. The summed E-state index contributed by atoms with van der Waals surface area (Å²) in [4.78, 5) is 0. The Labute approximate surface area is 115 Å². The van der Waals surface area contributed by atoms with Gasteiger partial charge >= 0.3 is 0 Å². The first-order chi connectivity index (χ1) is 9.11. The fourth-order valence-electron chi connectivity index (χ4n) is 1.92. The van der Waals surface area contributed by atoms with E-state index >= 15 is 0 Å². The molecule has 1 atom stereocenters. The first-order valence-electron chi connectivity index (χ1n) is 5.76. The molecule has 2 nitrogen and oxygen atoms in total. The van der Waals surface area contributed by atoms with Crippen molar-refractivity contribution in [1.82, 2.24) is 5.43 Å². The van der Waals surface area contributed by atoms with Gasteiger partial charge < -0.3 is 0 Å². The molecule has 0 saturated carbocycles. The van der Waals surface area contributed by atoms with Crippen LogP contribution in [-0.4, -0.2) is 0 Å². The monoisotopic (exact) mass is 282 g/mol. The molecule has 2 rings (SSSR count). The van der Waals surface area contributed by atoms with Gasteiger partial charge in [0, 0.05) is 5.02 Å². The summed E-state index contributed by atoms with van der Waals surface area (Å²) in [6.45, 7) is 0. The van der Waals surface area contributed by atoms with Crippen LogP contribution < -0.4 is 11.3 Å². The number of benzene rings is 2. The predicted molar refractivity (Wildman–Crippen MR) is 71.6 cm³/mol. The van der Waals surface area contributed by atoms with E-state index < -0.39 is 11.9 Å². The SMILES string of the molecule is NNC(Cc1ccccc1F)c1cc(F)ccc1Cl. The topological polar surface area (TPSA) is 38.0 Å². The molecule has 0 aliphatic carbocycles. The molecule has 0 amide bonds. The second kappa shape index (κ2) is 6.10. The van der Waals surface area contributed by atoms with Gasteiger partial charge in [-0.15, -0.1) is 0 Å². The van der Waals surface area contributed by atoms with Gasteiger partial charge in [-0.2, -0.15) is 0 Å². The number of halogens is 3. The number of hydrogen-bond donors (Lipinski definition) is 2. The first-order valence-corrected chi connectivity index (χ1v) is 6.14. The zero-order valence-electron chi connectivity index (χ0n) is 10.0. The Morgan fingerprint density at radius 2 is 1.89 bits per heavy atom. The highest BCUT2D eigenvalue weighted by Gasteiger charge is 2.16. The highest BCUT2D eigenvalue weighted by Crippen LogP contribution is 2.26. The third-order valence-corrected chi connectivity index (χ3v) is 3.26. The minimum Gasteiger partial charge on any atom is -0.271 e. The summed E-state index contributed by atoms with van der Waals surface area (Å²) in [5.41, 5.74) is 3.54. The zero-order valence-corrected chi connectivity index (χ0v) is 10.8. The lowest BCUT2D eigenvalue weighted by molar-refractivity contribution is 0.525. The molecule has 0 aliphatic heterocycles. The van der Waals surface area contributed by atoms with Crippen molar-refractivity contribution in [2.24, 2.45) is 5.84 Å². The van der Waals surface area contributed by atoms with E-state index in [0.717, 1.165) is 0 Å². The lowest BCUT2D eigenvalue weighted by Gasteiger charge is -2.18. The van der Waals surface area contributed by atoms with Gasteiger partial charge in [-0.1, -0.05) is 29.8 Å². The smallest absolute Gasteiger partial charge is 0.126 e. The molecule has 0 aliphatic rings. The van der Waals surface area contributed by atoms with Crippen molar-refractivity contribution < 1.29 is 8.78 Å². The molecule has 0 fully saturated rings. The maximum Gasteiger partial charge on any atom is 0.126 e. The minimum absolute atomic E-state index is 0.284. The summed E-state index contributed by atoms with van der Waals surface area (Å²) in [7, 11) is 0. The van der Waals surface area contributed by atoms with Gasteiger partial charge in [0.1, 0.15) is 11.6 Å². The normalized spacial score (nSPS) is 12.4. The number of nitrogens with one attached hydrogen (secondary N) is 1. The molecular formula is C14H13ClF2N2. The van der Waals surface area contributed by atoms with Gasteiger partial charge in [-0.25, -0.2) is 8.78 Å². The van der Waals surface area contributed by atoms with E-state index in [2.05, 4.69) is 5.43 Å². The lowest BCUT2D eigenvalue weighted by atomic mass is 9.99. The Hall–Kier alpha value is -1.49. The fraction of sp³-hybridized carbons (Fsp3) is 0.143. The molecule has 2 aromatic rings. The van der Waals surface area contributed by atoms with Crippen molar-refractivity contribution in [3.8, 4) is 0 Å². The molecule has 0 spiro atoms. The highest BCUT2D eigenvalue weighted by molar-refractivity contribution is 6.31. The Kier molecular flexibility index (Phi) is 4.47. The molecule has 0 bridgehead atoms. The van der Waals surface area contributed by atoms with E-state index in [9.17, 15) is 8.78 Å². The molecular weight excluding hydrogens is 270 g/mol. The first kappa shape index (κ1) is 13.9. The molecule has 5 heteroatoms. The highest BCUT2D eigenvalue weighted by atomic mass is 35.5. The van der Waals surface area contributed by atoms with Crippen LogP contribution in [0.15, 0.2) is 42.5 Å².